The largest absolute Gasteiger partial charge is 0.316 e. The predicted molar refractivity (Wildman–Crippen MR) is 87.1 cm³/mol. The van der Waals surface area contributed by atoms with Crippen molar-refractivity contribution in [3.05, 3.63) is 79.9 Å². The molecule has 1 unspecified atom stereocenters. The minimum Gasteiger partial charge on any atom is -0.316 e. The fourth-order valence-electron chi connectivity index (χ4n) is 2.31. The van der Waals surface area contributed by atoms with E-state index >= 15 is 0 Å². The third kappa shape index (κ3) is 2.69. The first-order chi connectivity index (χ1) is 10.0. The minimum atomic E-state index is -0.638. The Morgan fingerprint density at radius 2 is 1.57 bits per heavy atom. The van der Waals surface area contributed by atoms with Crippen molar-refractivity contribution < 1.29 is 0 Å². The van der Waals surface area contributed by atoms with E-state index < -0.39 is 11.1 Å². The average molecular weight is 345 g/mol. The van der Waals surface area contributed by atoms with Crippen LogP contribution in [0.1, 0.15) is 21.5 Å². The second kappa shape index (κ2) is 5.33. The number of aromatic amines is 2. The third-order valence-corrected chi connectivity index (χ3v) is 4.43. The number of fused-ring (bicyclic) bond motifs is 1. The van der Waals surface area contributed by atoms with Crippen LogP contribution in [0.5, 0.6) is 0 Å². The second-order valence-corrected chi connectivity index (χ2v) is 5.91. The summed E-state index contributed by atoms with van der Waals surface area (Å²) in [4.78, 5) is 27.9. The van der Waals surface area contributed by atoms with E-state index in [4.69, 9.17) is 0 Å². The lowest BCUT2D eigenvalue weighted by atomic mass is 10.0. The molecule has 2 aromatic carbocycles. The Kier molecular flexibility index (Phi) is 3.51. The van der Waals surface area contributed by atoms with Crippen molar-refractivity contribution in [1.82, 2.24) is 9.97 Å². The summed E-state index contributed by atoms with van der Waals surface area (Å²) >= 11 is 3.68. The van der Waals surface area contributed by atoms with Crippen LogP contribution in [-0.4, -0.2) is 9.97 Å². The lowest BCUT2D eigenvalue weighted by Gasteiger charge is -2.12. The van der Waals surface area contributed by atoms with Crippen molar-refractivity contribution in [3.63, 3.8) is 0 Å². The van der Waals surface area contributed by atoms with E-state index in [1.807, 2.05) is 37.3 Å². The molecule has 0 saturated heterocycles. The van der Waals surface area contributed by atoms with Gasteiger partial charge in [-0.25, -0.2) is 0 Å². The highest BCUT2D eigenvalue weighted by Gasteiger charge is 2.11. The smallest absolute Gasteiger partial charge is 0.314 e. The molecule has 0 fully saturated rings. The van der Waals surface area contributed by atoms with Gasteiger partial charge in [-0.15, -0.1) is 0 Å². The molecule has 4 nitrogen and oxygen atoms in total. The van der Waals surface area contributed by atoms with Crippen molar-refractivity contribution >= 4 is 27.0 Å². The standard InChI is InChI=1S/C16H13BrN2O2/c1-9-3-2-4-10(7-9)14(17)11-5-6-12-13(8-11)19-16(21)15(20)18-12/h2-8,14H,1H3,(H,18,20)(H,19,21). The Morgan fingerprint density at radius 1 is 0.905 bits per heavy atom. The summed E-state index contributed by atoms with van der Waals surface area (Å²) in [7, 11) is 0. The maximum Gasteiger partial charge on any atom is 0.314 e. The zero-order valence-corrected chi connectivity index (χ0v) is 12.9. The molecule has 2 N–H and O–H groups in total. The number of aryl methyl sites for hydroxylation is 1. The number of hydrogen-bond donors (Lipinski definition) is 2. The molecule has 0 saturated carbocycles. The van der Waals surface area contributed by atoms with Crippen molar-refractivity contribution in [1.29, 1.82) is 0 Å². The van der Waals surface area contributed by atoms with E-state index in [0.29, 0.717) is 11.0 Å². The Balaban J connectivity index is 2.10. The van der Waals surface area contributed by atoms with Crippen molar-refractivity contribution in [2.75, 3.05) is 0 Å². The second-order valence-electron chi connectivity index (χ2n) is 4.99. The highest BCUT2D eigenvalue weighted by atomic mass is 79.9. The lowest BCUT2D eigenvalue weighted by Crippen LogP contribution is -2.28. The number of H-pyrrole nitrogens is 2. The molecule has 0 aliphatic heterocycles. The van der Waals surface area contributed by atoms with Gasteiger partial charge in [0.2, 0.25) is 0 Å². The van der Waals surface area contributed by atoms with E-state index in [9.17, 15) is 9.59 Å². The van der Waals surface area contributed by atoms with Gasteiger partial charge in [0.1, 0.15) is 0 Å². The van der Waals surface area contributed by atoms with Crippen LogP contribution in [0.15, 0.2) is 52.1 Å². The van der Waals surface area contributed by atoms with Gasteiger partial charge < -0.3 is 9.97 Å². The van der Waals surface area contributed by atoms with Crippen molar-refractivity contribution in [2.45, 2.75) is 11.8 Å². The van der Waals surface area contributed by atoms with E-state index in [1.54, 1.807) is 6.07 Å². The van der Waals surface area contributed by atoms with Crippen molar-refractivity contribution in [2.24, 2.45) is 0 Å². The fraction of sp³-hybridized carbons (Fsp3) is 0.125. The molecule has 0 amide bonds. The van der Waals surface area contributed by atoms with Gasteiger partial charge >= 0.3 is 11.1 Å². The van der Waals surface area contributed by atoms with Gasteiger partial charge in [0.15, 0.2) is 0 Å². The number of aromatic nitrogens is 2. The number of hydrogen-bond acceptors (Lipinski definition) is 2. The Labute approximate surface area is 129 Å². The number of nitrogens with one attached hydrogen (secondary N) is 2. The van der Waals surface area contributed by atoms with E-state index in [1.165, 1.54) is 5.56 Å². The number of rotatable bonds is 2. The SMILES string of the molecule is Cc1cccc(C(Br)c2ccc3[nH]c(=O)c(=O)[nH]c3c2)c1. The Bertz CT molecular complexity index is 927. The molecular formula is C16H13BrN2O2. The molecule has 3 aromatic rings. The topological polar surface area (TPSA) is 65.7 Å². The first kappa shape index (κ1) is 13.8. The number of halogens is 1. The number of benzene rings is 2. The maximum absolute atomic E-state index is 11.4. The lowest BCUT2D eigenvalue weighted by molar-refractivity contribution is 1.13. The first-order valence-corrected chi connectivity index (χ1v) is 7.43. The van der Waals surface area contributed by atoms with Crippen LogP contribution in [-0.2, 0) is 0 Å². The summed E-state index contributed by atoms with van der Waals surface area (Å²) in [6, 6.07) is 13.8. The van der Waals surface area contributed by atoms with Crippen LogP contribution in [0, 0.1) is 6.92 Å². The molecule has 0 spiro atoms. The molecule has 5 heteroatoms. The van der Waals surface area contributed by atoms with Gasteiger partial charge in [0.05, 0.1) is 15.9 Å². The molecule has 1 atom stereocenters. The van der Waals surface area contributed by atoms with Crippen LogP contribution >= 0.6 is 15.9 Å². The molecule has 0 radical (unpaired) electrons. The summed E-state index contributed by atoms with van der Waals surface area (Å²) in [5.74, 6) is 0. The van der Waals surface area contributed by atoms with Crippen LogP contribution < -0.4 is 11.1 Å². The average Bonchev–Trinajstić information content (AvgIpc) is 2.47. The predicted octanol–water partition coefficient (Wildman–Crippen LogP) is 3.01. The summed E-state index contributed by atoms with van der Waals surface area (Å²) in [6.45, 7) is 2.05. The molecule has 0 bridgehead atoms. The summed E-state index contributed by atoms with van der Waals surface area (Å²) in [6.07, 6.45) is 0. The quantitative estimate of drug-likeness (QED) is 0.554. The molecule has 0 aliphatic carbocycles. The highest BCUT2D eigenvalue weighted by molar-refractivity contribution is 9.09. The minimum absolute atomic E-state index is 0.0252. The first-order valence-electron chi connectivity index (χ1n) is 6.51. The van der Waals surface area contributed by atoms with Crippen LogP contribution in [0.2, 0.25) is 0 Å². The summed E-state index contributed by atoms with van der Waals surface area (Å²) in [5.41, 5.74) is 3.31. The Morgan fingerprint density at radius 3 is 2.29 bits per heavy atom. The normalized spacial score (nSPS) is 12.5. The molecular weight excluding hydrogens is 332 g/mol. The maximum atomic E-state index is 11.4. The van der Waals surface area contributed by atoms with E-state index in [2.05, 4.69) is 32.0 Å². The van der Waals surface area contributed by atoms with Crippen LogP contribution in [0.25, 0.3) is 11.0 Å². The van der Waals surface area contributed by atoms with Gasteiger partial charge in [-0.2, -0.15) is 0 Å². The zero-order valence-electron chi connectivity index (χ0n) is 11.3. The Hall–Kier alpha value is -2.14. The van der Waals surface area contributed by atoms with E-state index in [0.717, 1.165) is 11.1 Å². The summed E-state index contributed by atoms with van der Waals surface area (Å²) in [5, 5.41) is 0. The molecule has 3 rings (SSSR count). The van der Waals surface area contributed by atoms with Crippen LogP contribution in [0.4, 0.5) is 0 Å². The fourth-order valence-corrected chi connectivity index (χ4v) is 2.88. The van der Waals surface area contributed by atoms with Crippen LogP contribution in [0.3, 0.4) is 0 Å². The molecule has 1 aromatic heterocycles. The molecule has 21 heavy (non-hydrogen) atoms. The van der Waals surface area contributed by atoms with Gasteiger partial charge in [-0.05, 0) is 30.2 Å². The van der Waals surface area contributed by atoms with E-state index in [-0.39, 0.29) is 4.83 Å². The monoisotopic (exact) mass is 344 g/mol. The molecule has 0 aliphatic rings. The highest BCUT2D eigenvalue weighted by Crippen LogP contribution is 2.31. The van der Waals surface area contributed by atoms with Gasteiger partial charge in [0, 0.05) is 0 Å². The van der Waals surface area contributed by atoms with Gasteiger partial charge in [-0.1, -0.05) is 51.8 Å². The third-order valence-electron chi connectivity index (χ3n) is 3.37. The molecule has 106 valence electrons. The van der Waals surface area contributed by atoms with Crippen molar-refractivity contribution in [3.8, 4) is 0 Å². The summed E-state index contributed by atoms with van der Waals surface area (Å²) < 4.78 is 0. The zero-order chi connectivity index (χ0) is 15.0. The number of alkyl halides is 1. The molecule has 1 heterocycles. The van der Waals surface area contributed by atoms with Gasteiger partial charge in [0.25, 0.3) is 0 Å². The van der Waals surface area contributed by atoms with Gasteiger partial charge in [-0.3, -0.25) is 9.59 Å².